The maximum Gasteiger partial charge on any atom is 0.309 e. The molecular formula is C15H17NO4. The summed E-state index contributed by atoms with van der Waals surface area (Å²) in [5, 5.41) is 12.5. The summed E-state index contributed by atoms with van der Waals surface area (Å²) in [5.74, 6) is -0.975. The zero-order chi connectivity index (χ0) is 14.8. The van der Waals surface area contributed by atoms with E-state index in [0.717, 1.165) is 5.39 Å². The van der Waals surface area contributed by atoms with Crippen molar-refractivity contribution in [3.63, 3.8) is 0 Å². The largest absolute Gasteiger partial charge is 0.481 e. The van der Waals surface area contributed by atoms with Gasteiger partial charge in [0, 0.05) is 11.9 Å². The fraction of sp³-hybridized carbons (Fsp3) is 0.333. The minimum absolute atomic E-state index is 0.235. The summed E-state index contributed by atoms with van der Waals surface area (Å²) in [7, 11) is 0. The molecule has 5 heteroatoms. The number of furan rings is 1. The number of benzene rings is 1. The number of hydrogen-bond acceptors (Lipinski definition) is 3. The van der Waals surface area contributed by atoms with Crippen LogP contribution in [0.15, 0.2) is 34.7 Å². The van der Waals surface area contributed by atoms with Crippen LogP contribution in [0.5, 0.6) is 0 Å². The van der Waals surface area contributed by atoms with Crippen LogP contribution in [-0.2, 0) is 4.79 Å². The number of carboxylic acid groups (broad SMARTS) is 1. The molecule has 0 fully saturated rings. The average Bonchev–Trinajstić information content (AvgIpc) is 2.82. The minimum atomic E-state index is -0.879. The topological polar surface area (TPSA) is 79.5 Å². The second-order valence-electron chi connectivity index (χ2n) is 5.34. The Morgan fingerprint density at radius 2 is 2.00 bits per heavy atom. The maximum absolute atomic E-state index is 11.9. The Balaban J connectivity index is 1.97. The number of amides is 1. The Bertz CT molecular complexity index is 609. The lowest BCUT2D eigenvalue weighted by Gasteiger charge is -2.18. The van der Waals surface area contributed by atoms with Crippen LogP contribution < -0.4 is 5.32 Å². The number of carbonyl (C=O) groups excluding carboxylic acids is 1. The van der Waals surface area contributed by atoms with Gasteiger partial charge in [0.15, 0.2) is 5.76 Å². The lowest BCUT2D eigenvalue weighted by atomic mass is 9.90. The summed E-state index contributed by atoms with van der Waals surface area (Å²) in [5.41, 5.74) is -0.204. The van der Waals surface area contributed by atoms with Crippen molar-refractivity contribution in [1.29, 1.82) is 0 Å². The van der Waals surface area contributed by atoms with E-state index in [2.05, 4.69) is 5.32 Å². The van der Waals surface area contributed by atoms with Gasteiger partial charge < -0.3 is 14.8 Å². The summed E-state index contributed by atoms with van der Waals surface area (Å²) in [4.78, 5) is 22.9. The molecule has 1 aromatic carbocycles. The number of hydrogen-bond donors (Lipinski definition) is 2. The molecular weight excluding hydrogens is 258 g/mol. The molecule has 1 heterocycles. The molecule has 0 aliphatic rings. The van der Waals surface area contributed by atoms with E-state index in [1.54, 1.807) is 26.0 Å². The van der Waals surface area contributed by atoms with E-state index in [1.807, 2.05) is 18.2 Å². The number of carboxylic acids is 1. The summed E-state index contributed by atoms with van der Waals surface area (Å²) in [6.07, 6.45) is 0.355. The molecule has 0 spiro atoms. The molecule has 0 unspecified atom stereocenters. The first-order valence-corrected chi connectivity index (χ1v) is 6.40. The highest BCUT2D eigenvalue weighted by molar-refractivity contribution is 5.96. The molecule has 0 saturated heterocycles. The van der Waals surface area contributed by atoms with Crippen LogP contribution in [0.3, 0.4) is 0 Å². The monoisotopic (exact) mass is 275 g/mol. The quantitative estimate of drug-likeness (QED) is 0.879. The highest BCUT2D eigenvalue weighted by atomic mass is 16.4. The fourth-order valence-corrected chi connectivity index (χ4v) is 1.78. The smallest absolute Gasteiger partial charge is 0.309 e. The van der Waals surface area contributed by atoms with Crippen molar-refractivity contribution in [2.75, 3.05) is 6.54 Å². The first-order chi connectivity index (χ1) is 9.40. The van der Waals surface area contributed by atoms with Gasteiger partial charge in [0.05, 0.1) is 5.41 Å². The fourth-order valence-electron chi connectivity index (χ4n) is 1.78. The van der Waals surface area contributed by atoms with Gasteiger partial charge in [-0.15, -0.1) is 0 Å². The van der Waals surface area contributed by atoms with Gasteiger partial charge >= 0.3 is 5.97 Å². The number of carbonyl (C=O) groups is 2. The molecule has 106 valence electrons. The van der Waals surface area contributed by atoms with E-state index in [9.17, 15) is 9.59 Å². The molecule has 0 radical (unpaired) electrons. The van der Waals surface area contributed by atoms with E-state index in [-0.39, 0.29) is 18.2 Å². The van der Waals surface area contributed by atoms with E-state index in [4.69, 9.17) is 9.52 Å². The van der Waals surface area contributed by atoms with E-state index < -0.39 is 11.4 Å². The molecule has 1 aromatic heterocycles. The van der Waals surface area contributed by atoms with E-state index in [0.29, 0.717) is 12.0 Å². The van der Waals surface area contributed by atoms with Crippen LogP contribution >= 0.6 is 0 Å². The van der Waals surface area contributed by atoms with Gasteiger partial charge in [0.25, 0.3) is 5.91 Å². The van der Waals surface area contributed by atoms with E-state index in [1.165, 1.54) is 0 Å². The molecule has 0 aliphatic heterocycles. The molecule has 2 aromatic rings. The first-order valence-electron chi connectivity index (χ1n) is 6.40. The average molecular weight is 275 g/mol. The highest BCUT2D eigenvalue weighted by Gasteiger charge is 2.26. The second-order valence-corrected chi connectivity index (χ2v) is 5.34. The number of aliphatic carboxylic acids is 1. The zero-order valence-corrected chi connectivity index (χ0v) is 11.5. The zero-order valence-electron chi connectivity index (χ0n) is 11.5. The standard InChI is InChI=1S/C15H17NO4/c1-15(2,14(18)19)7-8-16-13(17)12-9-10-5-3-4-6-11(10)20-12/h3-6,9H,7-8H2,1-2H3,(H,16,17)(H,18,19). The maximum atomic E-state index is 11.9. The second kappa shape index (κ2) is 5.36. The summed E-state index contributed by atoms with van der Waals surface area (Å²) < 4.78 is 5.43. The summed E-state index contributed by atoms with van der Waals surface area (Å²) >= 11 is 0. The molecule has 0 aliphatic carbocycles. The molecule has 0 bridgehead atoms. The molecule has 5 nitrogen and oxygen atoms in total. The molecule has 1 amide bonds. The van der Waals surface area contributed by atoms with Crippen LogP contribution in [-0.4, -0.2) is 23.5 Å². The van der Waals surface area contributed by atoms with Gasteiger partial charge in [-0.3, -0.25) is 9.59 Å². The lowest BCUT2D eigenvalue weighted by molar-refractivity contribution is -0.147. The van der Waals surface area contributed by atoms with Crippen molar-refractivity contribution >= 4 is 22.8 Å². The Hall–Kier alpha value is -2.30. The van der Waals surface area contributed by atoms with Gasteiger partial charge in [-0.1, -0.05) is 18.2 Å². The van der Waals surface area contributed by atoms with Crippen molar-refractivity contribution in [1.82, 2.24) is 5.32 Å². The molecule has 2 rings (SSSR count). The Kier molecular flexibility index (Phi) is 3.79. The Labute approximate surface area is 116 Å². The van der Waals surface area contributed by atoms with Crippen molar-refractivity contribution < 1.29 is 19.1 Å². The van der Waals surface area contributed by atoms with Crippen molar-refractivity contribution in [3.05, 3.63) is 36.1 Å². The van der Waals surface area contributed by atoms with Crippen LogP contribution in [0.25, 0.3) is 11.0 Å². The third-order valence-corrected chi connectivity index (χ3v) is 3.26. The first kappa shape index (κ1) is 14.1. The molecule has 2 N–H and O–H groups in total. The van der Waals surface area contributed by atoms with Crippen molar-refractivity contribution in [2.24, 2.45) is 5.41 Å². The Morgan fingerprint density at radius 1 is 1.30 bits per heavy atom. The van der Waals surface area contributed by atoms with Crippen LogP contribution in [0.4, 0.5) is 0 Å². The van der Waals surface area contributed by atoms with Crippen LogP contribution in [0.2, 0.25) is 0 Å². The number of nitrogens with one attached hydrogen (secondary N) is 1. The summed E-state index contributed by atoms with van der Waals surface area (Å²) in [6.45, 7) is 3.54. The minimum Gasteiger partial charge on any atom is -0.481 e. The number of fused-ring (bicyclic) bond motifs is 1. The predicted octanol–water partition coefficient (Wildman–Crippen LogP) is 2.66. The molecule has 0 atom stereocenters. The van der Waals surface area contributed by atoms with Gasteiger partial charge in [-0.25, -0.2) is 0 Å². The van der Waals surface area contributed by atoms with Gasteiger partial charge in [0.1, 0.15) is 5.58 Å². The third-order valence-electron chi connectivity index (χ3n) is 3.26. The Morgan fingerprint density at radius 3 is 2.65 bits per heavy atom. The van der Waals surface area contributed by atoms with E-state index >= 15 is 0 Å². The lowest BCUT2D eigenvalue weighted by Crippen LogP contribution is -2.31. The number of rotatable bonds is 5. The van der Waals surface area contributed by atoms with Crippen LogP contribution in [0.1, 0.15) is 30.8 Å². The third kappa shape index (κ3) is 2.99. The SMILES string of the molecule is CC(C)(CCNC(=O)c1cc2ccccc2o1)C(=O)O. The number of para-hydroxylation sites is 1. The van der Waals surface area contributed by atoms with Crippen LogP contribution in [0, 0.1) is 5.41 Å². The highest BCUT2D eigenvalue weighted by Crippen LogP contribution is 2.20. The van der Waals surface area contributed by atoms with Gasteiger partial charge in [0.2, 0.25) is 0 Å². The molecule has 20 heavy (non-hydrogen) atoms. The molecule has 0 saturated carbocycles. The van der Waals surface area contributed by atoms with Gasteiger partial charge in [-0.2, -0.15) is 0 Å². The van der Waals surface area contributed by atoms with Crippen molar-refractivity contribution in [3.8, 4) is 0 Å². The predicted molar refractivity (Wildman–Crippen MR) is 74.6 cm³/mol. The van der Waals surface area contributed by atoms with Gasteiger partial charge in [-0.05, 0) is 32.4 Å². The van der Waals surface area contributed by atoms with Crippen molar-refractivity contribution in [2.45, 2.75) is 20.3 Å². The summed E-state index contributed by atoms with van der Waals surface area (Å²) in [6, 6.07) is 9.04. The normalized spacial score (nSPS) is 11.5.